The molecule has 0 saturated heterocycles. The maximum Gasteiger partial charge on any atom is 0.193 e. The minimum Gasteiger partial charge on any atom is -0.374 e. The minimum absolute atomic E-state index is 0.105. The van der Waals surface area contributed by atoms with Gasteiger partial charge in [-0.25, -0.2) is 0 Å². The van der Waals surface area contributed by atoms with E-state index in [-0.39, 0.29) is 5.78 Å². The van der Waals surface area contributed by atoms with Gasteiger partial charge in [-0.3, -0.25) is 4.79 Å². The summed E-state index contributed by atoms with van der Waals surface area (Å²) in [7, 11) is 2.09. The van der Waals surface area contributed by atoms with Crippen molar-refractivity contribution in [2.24, 2.45) is 0 Å². The van der Waals surface area contributed by atoms with Crippen LogP contribution in [0, 0.1) is 0 Å². The Hall–Kier alpha value is -2.09. The summed E-state index contributed by atoms with van der Waals surface area (Å²) in [4.78, 5) is 14.5. The summed E-state index contributed by atoms with van der Waals surface area (Å²) in [6, 6.07) is 15.5. The molecule has 1 heterocycles. The number of hydrogen-bond acceptors (Lipinski definition) is 2. The second-order valence-corrected chi connectivity index (χ2v) is 4.71. The molecule has 0 amide bonds. The fraction of sp³-hybridized carbons (Fsp3) is 0.188. The molecule has 0 fully saturated rings. The van der Waals surface area contributed by atoms with Crippen molar-refractivity contribution in [1.29, 1.82) is 0 Å². The van der Waals surface area contributed by atoms with Crippen molar-refractivity contribution < 1.29 is 4.79 Å². The lowest BCUT2D eigenvalue weighted by Crippen LogP contribution is -2.12. The van der Waals surface area contributed by atoms with Gasteiger partial charge in [0.05, 0.1) is 0 Å². The highest BCUT2D eigenvalue weighted by Gasteiger charge is 2.17. The molecule has 0 N–H and O–H groups in total. The molecule has 90 valence electrons. The number of rotatable bonds is 2. The first kappa shape index (κ1) is 11.0. The van der Waals surface area contributed by atoms with E-state index in [1.807, 2.05) is 42.5 Å². The molecule has 1 aliphatic heterocycles. The van der Waals surface area contributed by atoms with Gasteiger partial charge in [0, 0.05) is 30.4 Å². The van der Waals surface area contributed by atoms with Gasteiger partial charge in [-0.2, -0.15) is 0 Å². The van der Waals surface area contributed by atoms with Gasteiger partial charge in [-0.1, -0.05) is 30.3 Å². The normalized spacial score (nSPS) is 13.5. The number of carbonyl (C=O) groups is 1. The van der Waals surface area contributed by atoms with Crippen molar-refractivity contribution in [2.45, 2.75) is 6.42 Å². The second kappa shape index (κ2) is 4.30. The summed E-state index contributed by atoms with van der Waals surface area (Å²) in [6.07, 6.45) is 1.03. The third-order valence-electron chi connectivity index (χ3n) is 3.51. The third-order valence-corrected chi connectivity index (χ3v) is 3.51. The molecule has 2 heteroatoms. The summed E-state index contributed by atoms with van der Waals surface area (Å²) in [5, 5.41) is 0. The molecule has 0 atom stereocenters. The van der Waals surface area contributed by atoms with Crippen molar-refractivity contribution in [3.8, 4) is 0 Å². The Kier molecular flexibility index (Phi) is 2.63. The van der Waals surface area contributed by atoms with Crippen molar-refractivity contribution in [3.63, 3.8) is 0 Å². The summed E-state index contributed by atoms with van der Waals surface area (Å²) in [5.74, 6) is 0.105. The van der Waals surface area contributed by atoms with Gasteiger partial charge in [-0.05, 0) is 30.2 Å². The molecular formula is C16H15NO. The van der Waals surface area contributed by atoms with E-state index in [1.54, 1.807) is 0 Å². The summed E-state index contributed by atoms with van der Waals surface area (Å²) in [6.45, 7) is 1.04. The van der Waals surface area contributed by atoms with Gasteiger partial charge in [0.25, 0.3) is 0 Å². The largest absolute Gasteiger partial charge is 0.374 e. The van der Waals surface area contributed by atoms with Gasteiger partial charge in [-0.15, -0.1) is 0 Å². The predicted molar refractivity (Wildman–Crippen MR) is 73.3 cm³/mol. The number of fused-ring (bicyclic) bond motifs is 1. The average molecular weight is 237 g/mol. The van der Waals surface area contributed by atoms with E-state index in [4.69, 9.17) is 0 Å². The minimum atomic E-state index is 0.105. The summed E-state index contributed by atoms with van der Waals surface area (Å²) >= 11 is 0. The second-order valence-electron chi connectivity index (χ2n) is 4.71. The fourth-order valence-electron chi connectivity index (χ4n) is 2.46. The van der Waals surface area contributed by atoms with E-state index < -0.39 is 0 Å². The summed E-state index contributed by atoms with van der Waals surface area (Å²) < 4.78 is 0. The zero-order valence-corrected chi connectivity index (χ0v) is 10.4. The average Bonchev–Trinajstić information content (AvgIpc) is 2.80. The Morgan fingerprint density at radius 1 is 1.06 bits per heavy atom. The molecule has 2 nitrogen and oxygen atoms in total. The number of likely N-dealkylation sites (N-methyl/N-ethyl adjacent to an activating group) is 1. The van der Waals surface area contributed by atoms with E-state index in [0.717, 1.165) is 24.1 Å². The molecule has 0 aliphatic carbocycles. The first-order chi connectivity index (χ1) is 8.75. The molecule has 0 bridgehead atoms. The molecule has 0 aromatic heterocycles. The molecular weight excluding hydrogens is 222 g/mol. The maximum absolute atomic E-state index is 12.3. The van der Waals surface area contributed by atoms with Crippen LogP contribution < -0.4 is 4.90 Å². The van der Waals surface area contributed by atoms with Crippen LogP contribution in [0.15, 0.2) is 48.5 Å². The summed E-state index contributed by atoms with van der Waals surface area (Å²) in [5.41, 5.74) is 4.07. The van der Waals surface area contributed by atoms with Gasteiger partial charge in [0.2, 0.25) is 0 Å². The molecule has 1 aliphatic rings. The van der Waals surface area contributed by atoms with Crippen LogP contribution in [0.5, 0.6) is 0 Å². The lowest BCUT2D eigenvalue weighted by Gasteiger charge is -2.11. The molecule has 0 spiro atoms. The number of ketones is 1. The molecule has 0 radical (unpaired) electrons. The van der Waals surface area contributed by atoms with E-state index >= 15 is 0 Å². The van der Waals surface area contributed by atoms with Crippen LogP contribution in [0.3, 0.4) is 0 Å². The van der Waals surface area contributed by atoms with Crippen LogP contribution in [0.25, 0.3) is 0 Å². The third kappa shape index (κ3) is 1.80. The first-order valence-corrected chi connectivity index (χ1v) is 6.19. The lowest BCUT2D eigenvalue weighted by molar-refractivity contribution is 0.103. The maximum atomic E-state index is 12.3. The molecule has 2 aromatic rings. The fourth-order valence-corrected chi connectivity index (χ4v) is 2.46. The van der Waals surface area contributed by atoms with Crippen LogP contribution in [0.4, 0.5) is 5.69 Å². The highest BCUT2D eigenvalue weighted by molar-refractivity contribution is 6.09. The molecule has 18 heavy (non-hydrogen) atoms. The monoisotopic (exact) mass is 237 g/mol. The number of carbonyl (C=O) groups excluding carboxylic acids is 1. The topological polar surface area (TPSA) is 20.3 Å². The Morgan fingerprint density at radius 2 is 1.83 bits per heavy atom. The highest BCUT2D eigenvalue weighted by atomic mass is 16.1. The first-order valence-electron chi connectivity index (χ1n) is 6.19. The predicted octanol–water partition coefficient (Wildman–Crippen LogP) is 2.91. The Labute approximate surface area is 107 Å². The smallest absolute Gasteiger partial charge is 0.193 e. The SMILES string of the molecule is CN1CCc2cc(C(=O)c3ccccc3)ccc21. The zero-order valence-electron chi connectivity index (χ0n) is 10.4. The van der Waals surface area contributed by atoms with Gasteiger partial charge >= 0.3 is 0 Å². The quantitative estimate of drug-likeness (QED) is 0.748. The van der Waals surface area contributed by atoms with Crippen LogP contribution in [0.1, 0.15) is 21.5 Å². The molecule has 3 rings (SSSR count). The Morgan fingerprint density at radius 3 is 2.61 bits per heavy atom. The van der Waals surface area contributed by atoms with Crippen LogP contribution >= 0.6 is 0 Å². The molecule has 2 aromatic carbocycles. The van der Waals surface area contributed by atoms with Crippen molar-refractivity contribution in [1.82, 2.24) is 0 Å². The Balaban J connectivity index is 1.97. The van der Waals surface area contributed by atoms with Gasteiger partial charge in [0.1, 0.15) is 0 Å². The highest BCUT2D eigenvalue weighted by Crippen LogP contribution is 2.28. The molecule has 0 unspecified atom stereocenters. The van der Waals surface area contributed by atoms with Gasteiger partial charge in [0.15, 0.2) is 5.78 Å². The standard InChI is InChI=1S/C16H15NO/c1-17-10-9-13-11-14(7-8-15(13)17)16(18)12-5-3-2-4-6-12/h2-8,11H,9-10H2,1H3. The van der Waals surface area contributed by atoms with E-state index in [9.17, 15) is 4.79 Å². The lowest BCUT2D eigenvalue weighted by atomic mass is 10.0. The molecule has 0 saturated carbocycles. The van der Waals surface area contributed by atoms with Crippen LogP contribution in [-0.4, -0.2) is 19.4 Å². The van der Waals surface area contributed by atoms with E-state index in [0.29, 0.717) is 0 Å². The van der Waals surface area contributed by atoms with Crippen molar-refractivity contribution in [3.05, 3.63) is 65.2 Å². The zero-order chi connectivity index (χ0) is 12.5. The van der Waals surface area contributed by atoms with Crippen LogP contribution in [-0.2, 0) is 6.42 Å². The van der Waals surface area contributed by atoms with Gasteiger partial charge < -0.3 is 4.90 Å². The van der Waals surface area contributed by atoms with E-state index in [1.165, 1.54) is 11.3 Å². The van der Waals surface area contributed by atoms with Crippen LogP contribution in [0.2, 0.25) is 0 Å². The number of anilines is 1. The number of nitrogens with zero attached hydrogens (tertiary/aromatic N) is 1. The number of hydrogen-bond donors (Lipinski definition) is 0. The van der Waals surface area contributed by atoms with Crippen molar-refractivity contribution in [2.75, 3.05) is 18.5 Å². The van der Waals surface area contributed by atoms with E-state index in [2.05, 4.69) is 18.0 Å². The Bertz CT molecular complexity index is 589. The van der Waals surface area contributed by atoms with Crippen molar-refractivity contribution >= 4 is 11.5 Å². The number of benzene rings is 2.